The third-order valence-corrected chi connectivity index (χ3v) is 6.17. The maximum absolute atomic E-state index is 4.92. The van der Waals surface area contributed by atoms with Crippen molar-refractivity contribution in [3.05, 3.63) is 21.8 Å². The van der Waals surface area contributed by atoms with Crippen molar-refractivity contribution >= 4 is 64.1 Å². The van der Waals surface area contributed by atoms with Crippen LogP contribution in [0.1, 0.15) is 40.5 Å². The predicted octanol–water partition coefficient (Wildman–Crippen LogP) is 5.36. The molecule has 1 aromatic heterocycles. The van der Waals surface area contributed by atoms with E-state index in [0.29, 0.717) is 0 Å². The van der Waals surface area contributed by atoms with Crippen LogP contribution in [-0.4, -0.2) is 65.4 Å². The maximum atomic E-state index is 4.92. The van der Waals surface area contributed by atoms with Gasteiger partial charge < -0.3 is 15.1 Å². The Balaban J connectivity index is 0.00000392. The van der Waals surface area contributed by atoms with Gasteiger partial charge in [-0.3, -0.25) is 4.68 Å². The quantitative estimate of drug-likeness (QED) is 0.266. The van der Waals surface area contributed by atoms with E-state index in [-0.39, 0.29) is 24.8 Å². The van der Waals surface area contributed by atoms with Gasteiger partial charge in [-0.15, -0.1) is 24.8 Å². The van der Waals surface area contributed by atoms with Gasteiger partial charge in [0.1, 0.15) is 0 Å². The Morgan fingerprint density at radius 3 is 2.10 bits per heavy atom. The Morgan fingerprint density at radius 1 is 0.931 bits per heavy atom. The van der Waals surface area contributed by atoms with Crippen LogP contribution in [0.2, 0.25) is 0 Å². The fourth-order valence-electron chi connectivity index (χ4n) is 3.52. The zero-order chi connectivity index (χ0) is 19.6. The summed E-state index contributed by atoms with van der Waals surface area (Å²) in [5.74, 6) is 1.03. The number of benzene rings is 1. The third-order valence-electron chi connectivity index (χ3n) is 5.30. The summed E-state index contributed by atoms with van der Waals surface area (Å²) in [5, 5.41) is 9.76. The van der Waals surface area contributed by atoms with Gasteiger partial charge >= 0.3 is 0 Å². The van der Waals surface area contributed by atoms with Crippen LogP contribution < -0.4 is 5.32 Å². The van der Waals surface area contributed by atoms with Gasteiger partial charge in [0.25, 0.3) is 0 Å². The number of nitrogens with one attached hydrogen (secondary N) is 1. The summed E-state index contributed by atoms with van der Waals surface area (Å²) < 4.78 is 3.48. The van der Waals surface area contributed by atoms with E-state index in [1.165, 1.54) is 14.5 Å². The molecule has 2 aromatic rings. The van der Waals surface area contributed by atoms with Gasteiger partial charge in [0.2, 0.25) is 0 Å². The molecule has 1 N–H and O–H groups in total. The van der Waals surface area contributed by atoms with Gasteiger partial charge in [0.05, 0.1) is 5.52 Å². The highest BCUT2D eigenvalue weighted by molar-refractivity contribution is 14.1. The number of halogens is 3. The molecule has 0 atom stereocenters. The molecule has 0 saturated carbocycles. The van der Waals surface area contributed by atoms with E-state index >= 15 is 0 Å². The van der Waals surface area contributed by atoms with Crippen LogP contribution in [0.3, 0.4) is 0 Å². The van der Waals surface area contributed by atoms with Gasteiger partial charge in [0, 0.05) is 22.0 Å². The molecule has 5 nitrogen and oxygen atoms in total. The topological polar surface area (TPSA) is 36.3 Å². The van der Waals surface area contributed by atoms with Crippen LogP contribution in [-0.2, 0) is 6.54 Å². The van der Waals surface area contributed by atoms with E-state index in [0.717, 1.165) is 71.0 Å². The normalized spacial score (nSPS) is 11.0. The van der Waals surface area contributed by atoms with Crippen LogP contribution >= 0.6 is 47.4 Å². The summed E-state index contributed by atoms with van der Waals surface area (Å²) in [6, 6.07) is 6.50. The number of nitrogens with zero attached hydrogens (tertiary/aromatic N) is 4. The van der Waals surface area contributed by atoms with Crippen molar-refractivity contribution in [2.45, 2.75) is 47.1 Å². The third kappa shape index (κ3) is 8.40. The van der Waals surface area contributed by atoms with Gasteiger partial charge in [-0.1, -0.05) is 33.8 Å². The van der Waals surface area contributed by atoms with Crippen molar-refractivity contribution in [1.82, 2.24) is 19.6 Å². The molecule has 1 aromatic carbocycles. The maximum Gasteiger partial charge on any atom is 0.156 e. The van der Waals surface area contributed by atoms with Crippen molar-refractivity contribution in [3.63, 3.8) is 0 Å². The second kappa shape index (κ2) is 15.5. The monoisotopic (exact) mass is 557 g/mol. The van der Waals surface area contributed by atoms with E-state index in [1.807, 2.05) is 0 Å². The summed E-state index contributed by atoms with van der Waals surface area (Å²) in [6.45, 7) is 17.6. The Bertz CT molecular complexity index is 687. The van der Waals surface area contributed by atoms with Crippen molar-refractivity contribution < 1.29 is 0 Å². The largest absolute Gasteiger partial charge is 0.368 e. The first-order valence-electron chi connectivity index (χ1n) is 10.5. The average molecular weight is 558 g/mol. The molecule has 2 rings (SSSR count). The summed E-state index contributed by atoms with van der Waals surface area (Å²) in [7, 11) is 0. The van der Waals surface area contributed by atoms with Crippen molar-refractivity contribution in [3.8, 4) is 0 Å². The average Bonchev–Trinajstić information content (AvgIpc) is 3.04. The summed E-state index contributed by atoms with van der Waals surface area (Å²) in [4.78, 5) is 4.94. The lowest BCUT2D eigenvalue weighted by atomic mass is 10.2. The second-order valence-corrected chi connectivity index (χ2v) is 8.06. The highest BCUT2D eigenvalue weighted by Gasteiger charge is 2.13. The zero-order valence-corrected chi connectivity index (χ0v) is 22.1. The van der Waals surface area contributed by atoms with Gasteiger partial charge in [-0.2, -0.15) is 5.10 Å². The van der Waals surface area contributed by atoms with Crippen molar-refractivity contribution in [2.75, 3.05) is 51.1 Å². The number of anilines is 1. The summed E-state index contributed by atoms with van der Waals surface area (Å²) in [6.07, 6.45) is 2.27. The minimum Gasteiger partial charge on any atom is -0.368 e. The molecule has 0 amide bonds. The molecular formula is C21H38Cl2IN5. The molecule has 1 heterocycles. The molecule has 0 bridgehead atoms. The zero-order valence-electron chi connectivity index (χ0n) is 18.3. The lowest BCUT2D eigenvalue weighted by Crippen LogP contribution is -2.25. The Labute approximate surface area is 202 Å². The number of fused-ring (bicyclic) bond motifs is 1. The first-order chi connectivity index (χ1) is 13.1. The number of para-hydroxylation sites is 1. The molecule has 0 aliphatic carbocycles. The number of rotatable bonds is 13. The highest BCUT2D eigenvalue weighted by Crippen LogP contribution is 2.27. The summed E-state index contributed by atoms with van der Waals surface area (Å²) in [5.41, 5.74) is 1.27. The Hall–Kier alpha value is -0.280. The second-order valence-electron chi connectivity index (χ2n) is 6.90. The van der Waals surface area contributed by atoms with Crippen LogP contribution in [0.4, 0.5) is 5.82 Å². The first-order valence-corrected chi connectivity index (χ1v) is 11.6. The standard InChI is InChI=1S/C21H36IN5.2ClH/c1-5-25(6-2)15-10-14-23-21-18-12-9-13-19(22)20(18)27(24-21)17-11-16-26(7-3)8-4;;/h9,12-13H,5-8,10-11,14-17H2,1-4H3,(H,23,24);2*1H. The van der Waals surface area contributed by atoms with E-state index in [4.69, 9.17) is 5.10 Å². The van der Waals surface area contributed by atoms with Crippen LogP contribution in [0.15, 0.2) is 18.2 Å². The highest BCUT2D eigenvalue weighted by atomic mass is 127. The van der Waals surface area contributed by atoms with E-state index in [2.05, 4.69) is 88.3 Å². The van der Waals surface area contributed by atoms with Crippen LogP contribution in [0.5, 0.6) is 0 Å². The predicted molar refractivity (Wildman–Crippen MR) is 140 cm³/mol. The molecule has 168 valence electrons. The molecular weight excluding hydrogens is 520 g/mol. The smallest absolute Gasteiger partial charge is 0.156 e. The van der Waals surface area contributed by atoms with E-state index < -0.39 is 0 Å². The van der Waals surface area contributed by atoms with Gasteiger partial charge in [-0.25, -0.2) is 0 Å². The van der Waals surface area contributed by atoms with Crippen molar-refractivity contribution in [2.24, 2.45) is 0 Å². The minimum absolute atomic E-state index is 0. The molecule has 0 radical (unpaired) electrons. The molecule has 0 aliphatic rings. The van der Waals surface area contributed by atoms with Gasteiger partial charge in [-0.05, 0) is 86.8 Å². The minimum atomic E-state index is 0. The van der Waals surface area contributed by atoms with E-state index in [1.54, 1.807) is 0 Å². The first kappa shape index (κ1) is 28.7. The molecule has 0 spiro atoms. The molecule has 8 heteroatoms. The SMILES string of the molecule is CCN(CC)CCCNc1nn(CCCN(CC)CC)c2c(I)cccc12.Cl.Cl. The fraction of sp³-hybridized carbons (Fsp3) is 0.667. The molecule has 29 heavy (non-hydrogen) atoms. The van der Waals surface area contributed by atoms with Crippen molar-refractivity contribution in [1.29, 1.82) is 0 Å². The Morgan fingerprint density at radius 2 is 1.52 bits per heavy atom. The number of hydrogen-bond acceptors (Lipinski definition) is 4. The van der Waals surface area contributed by atoms with Crippen LogP contribution in [0, 0.1) is 3.57 Å². The number of hydrogen-bond donors (Lipinski definition) is 1. The van der Waals surface area contributed by atoms with Gasteiger partial charge in [0.15, 0.2) is 5.82 Å². The Kier molecular flexibility index (Phi) is 15.4. The number of aromatic nitrogens is 2. The fourth-order valence-corrected chi connectivity index (χ4v) is 4.30. The van der Waals surface area contributed by atoms with E-state index in [9.17, 15) is 0 Å². The molecule has 0 fully saturated rings. The number of aryl methyl sites for hydroxylation is 1. The lowest BCUT2D eigenvalue weighted by Gasteiger charge is -2.17. The molecule has 0 unspecified atom stereocenters. The molecule has 0 aliphatic heterocycles. The lowest BCUT2D eigenvalue weighted by molar-refractivity contribution is 0.292. The molecule has 0 saturated heterocycles. The summed E-state index contributed by atoms with van der Waals surface area (Å²) >= 11 is 2.43. The van der Waals surface area contributed by atoms with Crippen LogP contribution in [0.25, 0.3) is 10.9 Å².